The average molecular weight is 183 g/mol. The molecule has 1 aromatic rings. The van der Waals surface area contributed by atoms with Crippen LogP contribution in [0.25, 0.3) is 0 Å². The molecule has 0 unspecified atom stereocenters. The topological polar surface area (TPSA) is 32.3 Å². The van der Waals surface area contributed by atoms with Gasteiger partial charge in [-0.15, -0.1) is 0 Å². The minimum absolute atomic E-state index is 0.129. The summed E-state index contributed by atoms with van der Waals surface area (Å²) in [5.74, 6) is -0.129. The van der Waals surface area contributed by atoms with E-state index in [0.29, 0.717) is 0 Å². The van der Waals surface area contributed by atoms with E-state index in [1.54, 1.807) is 6.07 Å². The summed E-state index contributed by atoms with van der Waals surface area (Å²) in [6.07, 6.45) is 0. The number of fused-ring (bicyclic) bond motifs is 1. The van der Waals surface area contributed by atoms with E-state index in [0.717, 1.165) is 15.8 Å². The molecule has 1 N–H and O–H groups in total. The van der Waals surface area contributed by atoms with E-state index in [-0.39, 0.29) is 12.5 Å². The van der Waals surface area contributed by atoms with Crippen LogP contribution in [0.3, 0.4) is 0 Å². The van der Waals surface area contributed by atoms with Crippen molar-refractivity contribution < 1.29 is 4.79 Å². The molecule has 0 bridgehead atoms. The summed E-state index contributed by atoms with van der Waals surface area (Å²) in [6.45, 7) is 0.264. The summed E-state index contributed by atoms with van der Waals surface area (Å²) in [4.78, 5) is 11.1. The molecule has 0 fully saturated rings. The Morgan fingerprint density at radius 2 is 2.17 bits per heavy atom. The van der Waals surface area contributed by atoms with E-state index in [9.17, 15) is 4.79 Å². The molecule has 1 amide bonds. The van der Waals surface area contributed by atoms with Crippen molar-refractivity contribution in [3.8, 4) is 0 Å². The number of halogens is 1. The molecule has 0 saturated heterocycles. The van der Waals surface area contributed by atoms with Crippen LogP contribution in [-0.4, -0.2) is 12.5 Å². The summed E-state index contributed by atoms with van der Waals surface area (Å²) < 4.78 is 1.14. The number of hydrogen-bond donors (Lipinski definition) is 1. The number of benzene rings is 1. The van der Waals surface area contributed by atoms with Crippen LogP contribution in [-0.2, 0) is 4.79 Å². The van der Waals surface area contributed by atoms with Crippen molar-refractivity contribution >= 4 is 29.1 Å². The monoisotopic (exact) mass is 182 g/mol. The molecule has 1 heterocycles. The van der Waals surface area contributed by atoms with Gasteiger partial charge in [0.05, 0.1) is 17.9 Å². The lowest BCUT2D eigenvalue weighted by Gasteiger charge is -2.23. The number of amides is 1. The lowest BCUT2D eigenvalue weighted by molar-refractivity contribution is -0.116. The van der Waals surface area contributed by atoms with E-state index < -0.39 is 0 Å². The average Bonchev–Trinajstić information content (AvgIpc) is 2.12. The molecule has 62 valence electrons. The van der Waals surface area contributed by atoms with E-state index in [2.05, 4.69) is 5.32 Å². The molecule has 0 radical (unpaired) electrons. The quantitative estimate of drug-likeness (QED) is 0.619. The van der Waals surface area contributed by atoms with Gasteiger partial charge < -0.3 is 5.32 Å². The summed E-state index contributed by atoms with van der Waals surface area (Å²) >= 11 is 5.74. The summed E-state index contributed by atoms with van der Waals surface area (Å²) in [7, 11) is 0. The standard InChI is InChI=1S/C8H7ClN2O/c9-11-7-4-2-1-3-6(7)10-5-8(11)12/h1-4,10H,5H2. The molecule has 0 atom stereocenters. The number of hydrogen-bond acceptors (Lipinski definition) is 2. The fraction of sp³-hybridized carbons (Fsp3) is 0.125. The lowest BCUT2D eigenvalue weighted by Crippen LogP contribution is -2.32. The van der Waals surface area contributed by atoms with E-state index in [1.165, 1.54) is 0 Å². The first-order valence-corrected chi connectivity index (χ1v) is 3.94. The van der Waals surface area contributed by atoms with E-state index >= 15 is 0 Å². The maximum Gasteiger partial charge on any atom is 0.260 e. The number of anilines is 2. The highest BCUT2D eigenvalue weighted by Crippen LogP contribution is 2.29. The fourth-order valence-electron chi connectivity index (χ4n) is 1.17. The first-order chi connectivity index (χ1) is 5.79. The van der Waals surface area contributed by atoms with E-state index in [1.807, 2.05) is 18.2 Å². The van der Waals surface area contributed by atoms with Crippen molar-refractivity contribution in [2.45, 2.75) is 0 Å². The van der Waals surface area contributed by atoms with Gasteiger partial charge >= 0.3 is 0 Å². The highest BCUT2D eigenvalue weighted by Gasteiger charge is 2.21. The van der Waals surface area contributed by atoms with Crippen molar-refractivity contribution in [1.82, 2.24) is 0 Å². The molecule has 1 aliphatic rings. The first kappa shape index (κ1) is 7.43. The van der Waals surface area contributed by atoms with Gasteiger partial charge in [-0.05, 0) is 12.1 Å². The predicted molar refractivity (Wildman–Crippen MR) is 48.3 cm³/mol. The minimum Gasteiger partial charge on any atom is -0.374 e. The van der Waals surface area contributed by atoms with Crippen LogP contribution in [0.1, 0.15) is 0 Å². The van der Waals surface area contributed by atoms with Crippen LogP contribution >= 0.6 is 11.8 Å². The molecule has 1 aromatic carbocycles. The Morgan fingerprint density at radius 1 is 1.42 bits per heavy atom. The van der Waals surface area contributed by atoms with Crippen LogP contribution in [0.2, 0.25) is 0 Å². The van der Waals surface area contributed by atoms with Crippen molar-refractivity contribution in [3.05, 3.63) is 24.3 Å². The second kappa shape index (κ2) is 2.68. The molecule has 3 nitrogen and oxygen atoms in total. The number of para-hydroxylation sites is 2. The van der Waals surface area contributed by atoms with Crippen molar-refractivity contribution in [2.75, 3.05) is 16.3 Å². The van der Waals surface area contributed by atoms with Crippen LogP contribution < -0.4 is 9.74 Å². The smallest absolute Gasteiger partial charge is 0.260 e. The van der Waals surface area contributed by atoms with Crippen molar-refractivity contribution in [3.63, 3.8) is 0 Å². The highest BCUT2D eigenvalue weighted by molar-refractivity contribution is 6.38. The number of nitrogens with zero attached hydrogens (tertiary/aromatic N) is 1. The van der Waals surface area contributed by atoms with Crippen LogP contribution in [0.5, 0.6) is 0 Å². The predicted octanol–water partition coefficient (Wildman–Crippen LogP) is 1.60. The van der Waals surface area contributed by atoms with Gasteiger partial charge in [0.1, 0.15) is 0 Å². The Balaban J connectivity index is 2.48. The zero-order valence-corrected chi connectivity index (χ0v) is 7.01. The Kier molecular flexibility index (Phi) is 1.66. The summed E-state index contributed by atoms with van der Waals surface area (Å²) in [6, 6.07) is 7.42. The molecule has 0 spiro atoms. The number of nitrogens with one attached hydrogen (secondary N) is 1. The fourth-order valence-corrected chi connectivity index (χ4v) is 1.38. The lowest BCUT2D eigenvalue weighted by atomic mass is 10.2. The molecular formula is C8H7ClN2O. The zero-order chi connectivity index (χ0) is 8.55. The minimum atomic E-state index is -0.129. The summed E-state index contributed by atoms with van der Waals surface area (Å²) in [5.41, 5.74) is 1.61. The van der Waals surface area contributed by atoms with Gasteiger partial charge in [0.15, 0.2) is 0 Å². The molecule has 0 saturated carbocycles. The van der Waals surface area contributed by atoms with Crippen molar-refractivity contribution in [1.29, 1.82) is 0 Å². The Bertz CT molecular complexity index is 327. The Morgan fingerprint density at radius 3 is 3.00 bits per heavy atom. The van der Waals surface area contributed by atoms with Gasteiger partial charge in [0, 0.05) is 11.8 Å². The Hall–Kier alpha value is -1.22. The highest BCUT2D eigenvalue weighted by atomic mass is 35.5. The third kappa shape index (κ3) is 1.02. The normalized spacial score (nSPS) is 15.4. The Labute approximate surface area is 75.0 Å². The summed E-state index contributed by atoms with van der Waals surface area (Å²) in [5, 5.41) is 2.97. The molecule has 1 aliphatic heterocycles. The van der Waals surface area contributed by atoms with Gasteiger partial charge in [0.2, 0.25) is 0 Å². The van der Waals surface area contributed by atoms with Gasteiger partial charge in [-0.1, -0.05) is 12.1 Å². The van der Waals surface area contributed by atoms with Crippen molar-refractivity contribution in [2.24, 2.45) is 0 Å². The van der Waals surface area contributed by atoms with Gasteiger partial charge in [-0.25, -0.2) is 4.42 Å². The van der Waals surface area contributed by atoms with Crippen LogP contribution in [0.4, 0.5) is 11.4 Å². The number of rotatable bonds is 0. The maximum atomic E-state index is 11.1. The largest absolute Gasteiger partial charge is 0.374 e. The van der Waals surface area contributed by atoms with Gasteiger partial charge in [-0.2, -0.15) is 0 Å². The molecule has 2 rings (SSSR count). The number of carbonyl (C=O) groups is 1. The zero-order valence-electron chi connectivity index (χ0n) is 6.25. The second-order valence-corrected chi connectivity index (χ2v) is 2.88. The molecular weight excluding hydrogens is 176 g/mol. The first-order valence-electron chi connectivity index (χ1n) is 3.60. The van der Waals surface area contributed by atoms with Gasteiger partial charge in [0.25, 0.3) is 5.91 Å². The second-order valence-electron chi connectivity index (χ2n) is 2.55. The third-order valence-corrected chi connectivity index (χ3v) is 2.14. The number of carbonyl (C=O) groups excluding carboxylic acids is 1. The van der Waals surface area contributed by atoms with E-state index in [4.69, 9.17) is 11.8 Å². The van der Waals surface area contributed by atoms with Crippen LogP contribution in [0, 0.1) is 0 Å². The maximum absolute atomic E-state index is 11.1. The molecule has 12 heavy (non-hydrogen) atoms. The molecule has 0 aliphatic carbocycles. The third-order valence-electron chi connectivity index (χ3n) is 1.76. The van der Waals surface area contributed by atoms with Gasteiger partial charge in [-0.3, -0.25) is 4.79 Å². The molecule has 0 aromatic heterocycles. The SMILES string of the molecule is O=C1CNc2ccccc2N1Cl. The van der Waals surface area contributed by atoms with Crippen LogP contribution in [0.15, 0.2) is 24.3 Å². The molecule has 4 heteroatoms.